The lowest BCUT2D eigenvalue weighted by Gasteiger charge is -2.66. The molecule has 4 saturated carbocycles. The smallest absolute Gasteiger partial charge is 0.370 e. The zero-order chi connectivity index (χ0) is 28.3. The molecule has 6 nitrogen and oxygen atoms in total. The molecule has 3 unspecified atom stereocenters. The molecular weight excluding hydrogens is 480 g/mol. The number of aliphatic carboxylic acids is 1. The molecule has 6 heteroatoms. The van der Waals surface area contributed by atoms with Crippen molar-refractivity contribution >= 4 is 11.8 Å². The van der Waals surface area contributed by atoms with E-state index in [0.717, 1.165) is 37.7 Å². The molecule has 1 aliphatic heterocycles. The van der Waals surface area contributed by atoms with E-state index in [2.05, 4.69) is 41.5 Å². The predicted molar refractivity (Wildman–Crippen MR) is 146 cm³/mol. The summed E-state index contributed by atoms with van der Waals surface area (Å²) in [5.41, 5.74) is -0.717. The first-order valence-electron chi connectivity index (χ1n) is 14.6. The highest BCUT2D eigenvalue weighted by molar-refractivity contribution is 5.89. The summed E-state index contributed by atoms with van der Waals surface area (Å²) < 4.78 is 6.84. The second-order valence-corrected chi connectivity index (χ2v) is 15.6. The molecule has 5 fully saturated rings. The zero-order valence-electron chi connectivity index (χ0n) is 24.6. The topological polar surface area (TPSA) is 104 Å². The first-order chi connectivity index (χ1) is 17.4. The van der Waals surface area contributed by atoms with Crippen molar-refractivity contribution in [2.24, 2.45) is 45.3 Å². The Morgan fingerprint density at radius 3 is 2.18 bits per heavy atom. The van der Waals surface area contributed by atoms with Gasteiger partial charge in [-0.1, -0.05) is 34.6 Å². The molecule has 8 atom stereocenters. The minimum Gasteiger partial charge on any atom is -0.516 e. The predicted octanol–water partition coefficient (Wildman–Crippen LogP) is 7.15. The van der Waals surface area contributed by atoms with Crippen molar-refractivity contribution in [3.05, 3.63) is 23.2 Å². The number of fused-ring (bicyclic) bond motifs is 5. The van der Waals surface area contributed by atoms with Crippen LogP contribution in [0.5, 0.6) is 0 Å². The van der Waals surface area contributed by atoms with Crippen LogP contribution in [0.4, 0.5) is 0 Å². The van der Waals surface area contributed by atoms with Gasteiger partial charge in [-0.2, -0.15) is 0 Å². The van der Waals surface area contributed by atoms with Crippen molar-refractivity contribution in [2.45, 2.75) is 118 Å². The Bertz CT molecular complexity index is 1130. The summed E-state index contributed by atoms with van der Waals surface area (Å²) in [6, 6.07) is 0. The van der Waals surface area contributed by atoms with Crippen LogP contribution in [0.3, 0.4) is 0 Å². The van der Waals surface area contributed by atoms with E-state index in [4.69, 9.17) is 4.74 Å². The van der Waals surface area contributed by atoms with E-state index in [-0.39, 0.29) is 51.5 Å². The van der Waals surface area contributed by atoms with Gasteiger partial charge in [-0.15, -0.1) is 0 Å². The Morgan fingerprint density at radius 1 is 0.947 bits per heavy atom. The van der Waals surface area contributed by atoms with Gasteiger partial charge >= 0.3 is 5.97 Å². The molecule has 0 aromatic rings. The minimum absolute atomic E-state index is 0.0750. The summed E-state index contributed by atoms with van der Waals surface area (Å²) in [5, 5.41) is 31.0. The molecular formula is C32H48O6. The quantitative estimate of drug-likeness (QED) is 0.260. The van der Waals surface area contributed by atoms with Gasteiger partial charge in [0.25, 0.3) is 0 Å². The number of hydrogen-bond acceptors (Lipinski definition) is 5. The molecule has 0 spiro atoms. The van der Waals surface area contributed by atoms with Gasteiger partial charge in [0, 0.05) is 17.8 Å². The fourth-order valence-corrected chi connectivity index (χ4v) is 11.2. The third-order valence-electron chi connectivity index (χ3n) is 12.8. The number of carboxylic acid groups (broad SMARTS) is 1. The molecule has 3 N–H and O–H groups in total. The molecule has 212 valence electrons. The molecule has 0 aromatic carbocycles. The number of carbonyl (C=O) groups is 2. The van der Waals surface area contributed by atoms with Gasteiger partial charge in [0.15, 0.2) is 0 Å². The number of aliphatic hydroxyl groups is 2. The molecule has 4 aliphatic carbocycles. The number of rotatable bonds is 2. The standard InChI is InChI=1S/C32H48O6/c1-27(2)11-9-12-32(8,38-27)19-10-13-30(6)23(19)18(17-33)14-22-29(5)15-20(24(35)26(36)37)28(3,4)25(29)21(34)16-31(22,30)7/h17,19,22-23,25,33,35H,9-16H2,1-8H3,(H,36,37)/b18-17+,24-20-/t19-,22?,23?,25?,29+,30+,31+,32+/m0/s1. The molecule has 0 radical (unpaired) electrons. The molecule has 5 rings (SSSR count). The number of ketones is 1. The number of carboxylic acids is 1. The highest BCUT2D eigenvalue weighted by Crippen LogP contribution is 2.77. The number of aliphatic hydroxyl groups excluding tert-OH is 2. The van der Waals surface area contributed by atoms with Gasteiger partial charge in [-0.25, -0.2) is 4.79 Å². The lowest BCUT2D eigenvalue weighted by atomic mass is 9.38. The number of allylic oxidation sites excluding steroid dienone is 2. The van der Waals surface area contributed by atoms with Crippen LogP contribution < -0.4 is 0 Å². The average Bonchev–Trinajstić information content (AvgIpc) is 3.26. The van der Waals surface area contributed by atoms with E-state index >= 15 is 0 Å². The minimum atomic E-state index is -1.33. The highest BCUT2D eigenvalue weighted by atomic mass is 16.5. The van der Waals surface area contributed by atoms with Crippen LogP contribution in [0.25, 0.3) is 0 Å². The van der Waals surface area contributed by atoms with E-state index in [1.807, 2.05) is 13.8 Å². The molecule has 1 heterocycles. The van der Waals surface area contributed by atoms with Gasteiger partial charge in [0.2, 0.25) is 5.76 Å². The third kappa shape index (κ3) is 3.40. The molecule has 0 bridgehead atoms. The van der Waals surface area contributed by atoms with E-state index in [1.54, 1.807) is 0 Å². The van der Waals surface area contributed by atoms with Crippen molar-refractivity contribution in [1.82, 2.24) is 0 Å². The van der Waals surface area contributed by atoms with Crippen LogP contribution in [0, 0.1) is 45.3 Å². The van der Waals surface area contributed by atoms with Gasteiger partial charge in [-0.3, -0.25) is 4.79 Å². The maximum atomic E-state index is 14.2. The normalized spacial score (nSPS) is 49.8. The Labute approximate surface area is 227 Å². The monoisotopic (exact) mass is 528 g/mol. The van der Waals surface area contributed by atoms with Crippen molar-refractivity contribution in [1.29, 1.82) is 0 Å². The van der Waals surface area contributed by atoms with Gasteiger partial charge < -0.3 is 20.1 Å². The van der Waals surface area contributed by atoms with Crippen LogP contribution >= 0.6 is 0 Å². The number of Topliss-reactive ketones (excluding diaryl/α,β-unsaturated/α-hetero) is 1. The summed E-state index contributed by atoms with van der Waals surface area (Å²) in [6.45, 7) is 17.2. The Hall–Kier alpha value is -1.82. The summed E-state index contributed by atoms with van der Waals surface area (Å²) in [4.78, 5) is 26.0. The van der Waals surface area contributed by atoms with Crippen molar-refractivity contribution in [2.75, 3.05) is 0 Å². The summed E-state index contributed by atoms with van der Waals surface area (Å²) in [5.74, 6) is -1.67. The second kappa shape index (κ2) is 8.11. The Morgan fingerprint density at radius 2 is 1.61 bits per heavy atom. The van der Waals surface area contributed by atoms with Crippen molar-refractivity contribution < 1.29 is 29.6 Å². The van der Waals surface area contributed by atoms with E-state index in [9.17, 15) is 24.9 Å². The largest absolute Gasteiger partial charge is 0.516 e. The third-order valence-corrected chi connectivity index (χ3v) is 12.8. The Balaban J connectivity index is 1.62. The second-order valence-electron chi connectivity index (χ2n) is 15.6. The molecule has 1 saturated heterocycles. The zero-order valence-corrected chi connectivity index (χ0v) is 24.6. The SMILES string of the molecule is CC1(C)CCC[C@](C)([C@H]2CC[C@]3(C)C2/C(=C/O)CC2[C@@]4(C)C/C(=C(/O)C(=O)O)C(C)(C)C4C(=O)C[C@]23C)O1. The fourth-order valence-electron chi connectivity index (χ4n) is 11.2. The van der Waals surface area contributed by atoms with E-state index < -0.39 is 22.6 Å². The van der Waals surface area contributed by atoms with Gasteiger partial charge in [-0.05, 0) is 111 Å². The van der Waals surface area contributed by atoms with Gasteiger partial charge in [0.1, 0.15) is 5.78 Å². The van der Waals surface area contributed by atoms with Crippen molar-refractivity contribution in [3.8, 4) is 0 Å². The summed E-state index contributed by atoms with van der Waals surface area (Å²) in [7, 11) is 0. The molecule has 38 heavy (non-hydrogen) atoms. The average molecular weight is 529 g/mol. The Kier molecular flexibility index (Phi) is 5.92. The van der Waals surface area contributed by atoms with Crippen LogP contribution in [0.1, 0.15) is 107 Å². The fraction of sp³-hybridized carbons (Fsp3) is 0.812. The maximum absolute atomic E-state index is 14.2. The van der Waals surface area contributed by atoms with Crippen molar-refractivity contribution in [3.63, 3.8) is 0 Å². The molecule has 0 amide bonds. The first-order valence-corrected chi connectivity index (χ1v) is 14.6. The van der Waals surface area contributed by atoms with Gasteiger partial charge in [0.05, 0.1) is 17.5 Å². The first kappa shape index (κ1) is 27.7. The summed E-state index contributed by atoms with van der Waals surface area (Å²) >= 11 is 0. The van der Waals surface area contributed by atoms with E-state index in [0.29, 0.717) is 24.8 Å². The number of carbonyl (C=O) groups excluding carboxylic acids is 1. The van der Waals surface area contributed by atoms with Crippen LogP contribution in [0.2, 0.25) is 0 Å². The van der Waals surface area contributed by atoms with Crippen LogP contribution in [-0.2, 0) is 14.3 Å². The number of hydrogen-bond donors (Lipinski definition) is 3. The lowest BCUT2D eigenvalue weighted by Crippen LogP contribution is -2.63. The molecule has 5 aliphatic rings. The highest BCUT2D eigenvalue weighted by Gasteiger charge is 2.74. The summed E-state index contributed by atoms with van der Waals surface area (Å²) in [6.07, 6.45) is 7.99. The lowest BCUT2D eigenvalue weighted by molar-refractivity contribution is -0.207. The van der Waals surface area contributed by atoms with Crippen LogP contribution in [0.15, 0.2) is 23.2 Å². The van der Waals surface area contributed by atoms with E-state index in [1.165, 1.54) is 6.26 Å². The maximum Gasteiger partial charge on any atom is 0.370 e. The molecule has 0 aromatic heterocycles. The van der Waals surface area contributed by atoms with Crippen LogP contribution in [-0.4, -0.2) is 38.3 Å². The number of ether oxygens (including phenoxy) is 1.